The first-order chi connectivity index (χ1) is 7.61. The quantitative estimate of drug-likeness (QED) is 0.910. The molecule has 0 spiro atoms. The van der Waals surface area contributed by atoms with Crippen molar-refractivity contribution < 1.29 is 0 Å². The molecule has 0 aliphatic carbocycles. The van der Waals surface area contributed by atoms with Crippen molar-refractivity contribution in [2.75, 3.05) is 0 Å². The summed E-state index contributed by atoms with van der Waals surface area (Å²) in [5, 5.41) is 0. The van der Waals surface area contributed by atoms with Crippen LogP contribution in [-0.4, -0.2) is 15.0 Å². The smallest absolute Gasteiger partial charge is 0.177 e. The minimum atomic E-state index is -0.0574. The highest BCUT2D eigenvalue weighted by Gasteiger charge is 2.17. The number of nitrogens with zero attached hydrogens (tertiary/aromatic N) is 2. The lowest BCUT2D eigenvalue weighted by Gasteiger charge is -2.15. The zero-order valence-corrected chi connectivity index (χ0v) is 11.0. The topological polar surface area (TPSA) is 67.6 Å². The summed E-state index contributed by atoms with van der Waals surface area (Å²) in [6.07, 6.45) is 2.77. The second-order valence-electron chi connectivity index (χ2n) is 4.06. The molecule has 5 heteroatoms. The van der Waals surface area contributed by atoms with Gasteiger partial charge in [-0.05, 0) is 27.9 Å². The second-order valence-corrected chi connectivity index (χ2v) is 4.97. The number of aromatic nitrogens is 3. The van der Waals surface area contributed by atoms with E-state index in [2.05, 4.69) is 44.7 Å². The third kappa shape index (κ3) is 2.10. The van der Waals surface area contributed by atoms with Gasteiger partial charge in [0.25, 0.3) is 0 Å². The number of aromatic amines is 1. The van der Waals surface area contributed by atoms with Gasteiger partial charge in [0, 0.05) is 10.7 Å². The number of hydrogen-bond donors (Lipinski definition) is 2. The zero-order valence-electron chi connectivity index (χ0n) is 9.37. The van der Waals surface area contributed by atoms with Gasteiger partial charge in [-0.1, -0.05) is 20.3 Å². The van der Waals surface area contributed by atoms with Crippen molar-refractivity contribution in [1.29, 1.82) is 0 Å². The highest BCUT2D eigenvalue weighted by atomic mass is 79.9. The molecule has 0 amide bonds. The molecule has 0 aliphatic heterocycles. The van der Waals surface area contributed by atoms with Gasteiger partial charge in [-0.2, -0.15) is 0 Å². The molecule has 0 fully saturated rings. The van der Waals surface area contributed by atoms with Gasteiger partial charge in [0.15, 0.2) is 5.65 Å². The van der Waals surface area contributed by atoms with E-state index in [0.717, 1.165) is 27.9 Å². The summed E-state index contributed by atoms with van der Waals surface area (Å²) in [6.45, 7) is 4.25. The van der Waals surface area contributed by atoms with Crippen LogP contribution in [0.1, 0.15) is 32.1 Å². The lowest BCUT2D eigenvalue weighted by atomic mass is 10.00. The molecule has 0 aliphatic rings. The van der Waals surface area contributed by atoms with E-state index < -0.39 is 0 Å². The molecule has 0 radical (unpaired) electrons. The van der Waals surface area contributed by atoms with Crippen LogP contribution in [0.25, 0.3) is 11.2 Å². The fourth-order valence-electron chi connectivity index (χ4n) is 1.57. The number of hydrogen-bond acceptors (Lipinski definition) is 3. The summed E-state index contributed by atoms with van der Waals surface area (Å²) in [5.41, 5.74) is 7.76. The van der Waals surface area contributed by atoms with Crippen LogP contribution in [-0.2, 0) is 0 Å². The highest BCUT2D eigenvalue weighted by molar-refractivity contribution is 9.10. The maximum atomic E-state index is 6.12. The molecule has 0 saturated heterocycles. The van der Waals surface area contributed by atoms with E-state index in [4.69, 9.17) is 5.73 Å². The van der Waals surface area contributed by atoms with Gasteiger partial charge in [-0.25, -0.2) is 9.97 Å². The van der Waals surface area contributed by atoms with Crippen LogP contribution in [0, 0.1) is 5.92 Å². The summed E-state index contributed by atoms with van der Waals surface area (Å²) >= 11 is 3.38. The minimum Gasteiger partial charge on any atom is -0.339 e. The molecule has 4 nitrogen and oxygen atoms in total. The fraction of sp³-hybridized carbons (Fsp3) is 0.455. The number of rotatable bonds is 3. The van der Waals surface area contributed by atoms with E-state index in [1.165, 1.54) is 0 Å². The average molecular weight is 283 g/mol. The van der Waals surface area contributed by atoms with Crippen molar-refractivity contribution in [1.82, 2.24) is 15.0 Å². The number of H-pyrrole nitrogens is 1. The Kier molecular flexibility index (Phi) is 3.25. The Morgan fingerprint density at radius 2 is 2.31 bits per heavy atom. The first kappa shape index (κ1) is 11.5. The molecule has 0 saturated carbocycles. The van der Waals surface area contributed by atoms with Gasteiger partial charge in [-0.3, -0.25) is 0 Å². The van der Waals surface area contributed by atoms with Gasteiger partial charge in [-0.15, -0.1) is 0 Å². The minimum absolute atomic E-state index is 0.0574. The summed E-state index contributed by atoms with van der Waals surface area (Å²) in [6, 6.07) is 1.90. The van der Waals surface area contributed by atoms with Crippen LogP contribution < -0.4 is 5.73 Å². The molecule has 2 heterocycles. The van der Waals surface area contributed by atoms with E-state index in [-0.39, 0.29) is 6.04 Å². The van der Waals surface area contributed by atoms with Crippen LogP contribution in [0.15, 0.2) is 16.7 Å². The average Bonchev–Trinajstić information content (AvgIpc) is 2.69. The van der Waals surface area contributed by atoms with E-state index >= 15 is 0 Å². The third-order valence-corrected chi connectivity index (χ3v) is 3.33. The summed E-state index contributed by atoms with van der Waals surface area (Å²) in [7, 11) is 0. The number of pyridine rings is 1. The number of fused-ring (bicyclic) bond motifs is 1. The normalized spacial score (nSPS) is 15.2. The maximum Gasteiger partial charge on any atom is 0.177 e. The number of imidazole rings is 1. The molecule has 86 valence electrons. The molecule has 2 aromatic heterocycles. The summed E-state index contributed by atoms with van der Waals surface area (Å²) in [5.74, 6) is 1.22. The molecular formula is C11H15BrN4. The van der Waals surface area contributed by atoms with Crippen molar-refractivity contribution in [3.8, 4) is 0 Å². The highest BCUT2D eigenvalue weighted by Crippen LogP contribution is 2.22. The predicted octanol–water partition coefficient (Wildman–Crippen LogP) is 2.77. The third-order valence-electron chi connectivity index (χ3n) is 2.90. The molecule has 16 heavy (non-hydrogen) atoms. The van der Waals surface area contributed by atoms with Gasteiger partial charge in [0.05, 0.1) is 11.6 Å². The molecule has 2 aromatic rings. The van der Waals surface area contributed by atoms with E-state index in [0.29, 0.717) is 5.92 Å². The molecule has 2 rings (SSSR count). The van der Waals surface area contributed by atoms with Crippen molar-refractivity contribution in [2.45, 2.75) is 26.3 Å². The number of halogens is 1. The molecule has 2 atom stereocenters. The van der Waals surface area contributed by atoms with E-state index in [1.807, 2.05) is 6.07 Å². The summed E-state index contributed by atoms with van der Waals surface area (Å²) < 4.78 is 0.937. The SMILES string of the molecule is CCC(C)C(N)c1nc2ncc(Br)cc2[nH]1. The fourth-order valence-corrected chi connectivity index (χ4v) is 1.91. The molecule has 2 unspecified atom stereocenters. The standard InChI is InChI=1S/C11H15BrN4/c1-3-6(2)9(13)11-15-8-4-7(12)5-14-10(8)16-11/h4-6,9H,3,13H2,1-2H3,(H,14,15,16). The van der Waals surface area contributed by atoms with Crippen LogP contribution in [0.4, 0.5) is 0 Å². The van der Waals surface area contributed by atoms with Crippen molar-refractivity contribution in [2.24, 2.45) is 11.7 Å². The Morgan fingerprint density at radius 3 is 3.00 bits per heavy atom. The first-order valence-corrected chi connectivity index (χ1v) is 6.18. The van der Waals surface area contributed by atoms with Crippen molar-refractivity contribution in [3.63, 3.8) is 0 Å². The van der Waals surface area contributed by atoms with Crippen LogP contribution in [0.5, 0.6) is 0 Å². The zero-order chi connectivity index (χ0) is 11.7. The van der Waals surface area contributed by atoms with Crippen molar-refractivity contribution in [3.05, 3.63) is 22.6 Å². The van der Waals surface area contributed by atoms with Gasteiger partial charge in [0.2, 0.25) is 0 Å². The predicted molar refractivity (Wildman–Crippen MR) is 68.0 cm³/mol. The lowest BCUT2D eigenvalue weighted by molar-refractivity contribution is 0.442. The number of nitrogens with two attached hydrogens (primary N) is 1. The van der Waals surface area contributed by atoms with Gasteiger partial charge >= 0.3 is 0 Å². The molecule has 0 bridgehead atoms. The molecule has 3 N–H and O–H groups in total. The Labute approximate surface area is 103 Å². The largest absolute Gasteiger partial charge is 0.339 e. The maximum absolute atomic E-state index is 6.12. The first-order valence-electron chi connectivity index (χ1n) is 5.38. The Hall–Kier alpha value is -0.940. The molecule has 0 aromatic carbocycles. The van der Waals surface area contributed by atoms with Crippen LogP contribution in [0.2, 0.25) is 0 Å². The Morgan fingerprint density at radius 1 is 1.56 bits per heavy atom. The molecular weight excluding hydrogens is 268 g/mol. The van der Waals surface area contributed by atoms with E-state index in [1.54, 1.807) is 6.20 Å². The van der Waals surface area contributed by atoms with Crippen LogP contribution >= 0.6 is 15.9 Å². The van der Waals surface area contributed by atoms with Gasteiger partial charge < -0.3 is 10.7 Å². The Balaban J connectivity index is 2.39. The van der Waals surface area contributed by atoms with Gasteiger partial charge in [0.1, 0.15) is 5.82 Å². The van der Waals surface area contributed by atoms with Crippen LogP contribution in [0.3, 0.4) is 0 Å². The second kappa shape index (κ2) is 4.51. The summed E-state index contributed by atoms with van der Waals surface area (Å²) in [4.78, 5) is 11.9. The Bertz CT molecular complexity index is 494. The number of nitrogens with one attached hydrogen (secondary N) is 1. The van der Waals surface area contributed by atoms with E-state index in [9.17, 15) is 0 Å². The lowest BCUT2D eigenvalue weighted by Crippen LogP contribution is -2.19. The monoisotopic (exact) mass is 282 g/mol. The van der Waals surface area contributed by atoms with Crippen molar-refractivity contribution >= 4 is 27.1 Å².